The Morgan fingerprint density at radius 3 is 2.71 bits per heavy atom. The number of urea groups is 1. The van der Waals surface area contributed by atoms with Crippen LogP contribution in [-0.4, -0.2) is 45.6 Å². The molecule has 158 valence electrons. The molecule has 0 aliphatic carbocycles. The Bertz CT molecular complexity index is 1250. The van der Waals surface area contributed by atoms with E-state index < -0.39 is 23.9 Å². The van der Waals surface area contributed by atoms with Crippen molar-refractivity contribution in [3.63, 3.8) is 0 Å². The maximum Gasteiger partial charge on any atom is 0.373 e. The van der Waals surface area contributed by atoms with Gasteiger partial charge in [0, 0.05) is 22.7 Å². The molecule has 2 aromatic heterocycles. The van der Waals surface area contributed by atoms with Crippen molar-refractivity contribution >= 4 is 40.9 Å². The van der Waals surface area contributed by atoms with Crippen molar-refractivity contribution in [1.82, 2.24) is 14.8 Å². The molecule has 4 rings (SSSR count). The molecule has 1 aromatic carbocycles. The molecule has 0 radical (unpaired) electrons. The highest BCUT2D eigenvalue weighted by atomic mass is 16.5. The van der Waals surface area contributed by atoms with Crippen LogP contribution in [0, 0.1) is 0 Å². The molecule has 10 nitrogen and oxygen atoms in total. The van der Waals surface area contributed by atoms with Crippen LogP contribution >= 0.6 is 0 Å². The fourth-order valence-electron chi connectivity index (χ4n) is 3.37. The van der Waals surface area contributed by atoms with E-state index in [2.05, 4.69) is 10.1 Å². The van der Waals surface area contributed by atoms with E-state index in [1.807, 2.05) is 0 Å². The predicted molar refractivity (Wildman–Crippen MR) is 107 cm³/mol. The molecular weight excluding hydrogens is 406 g/mol. The average molecular weight is 423 g/mol. The number of aromatic nitrogens is 1. The number of benzene rings is 1. The van der Waals surface area contributed by atoms with Crippen LogP contribution < -0.4 is 5.32 Å². The minimum atomic E-state index is -0.999. The van der Waals surface area contributed by atoms with Crippen molar-refractivity contribution in [1.29, 1.82) is 0 Å². The van der Waals surface area contributed by atoms with Gasteiger partial charge in [-0.3, -0.25) is 14.5 Å². The fourth-order valence-corrected chi connectivity index (χ4v) is 3.37. The number of nitrogens with one attached hydrogen (secondary N) is 1. The third-order valence-electron chi connectivity index (χ3n) is 4.75. The first-order chi connectivity index (χ1) is 14.9. The van der Waals surface area contributed by atoms with Crippen molar-refractivity contribution in [2.45, 2.75) is 13.1 Å². The van der Waals surface area contributed by atoms with E-state index >= 15 is 0 Å². The third kappa shape index (κ3) is 3.78. The summed E-state index contributed by atoms with van der Waals surface area (Å²) in [7, 11) is 1.21. The summed E-state index contributed by atoms with van der Waals surface area (Å²) in [5.41, 5.74) is 1.33. The minimum absolute atomic E-state index is 0.0356. The summed E-state index contributed by atoms with van der Waals surface area (Å²) in [6, 6.07) is 9.40. The lowest BCUT2D eigenvalue weighted by molar-refractivity contribution is -0.137. The number of fused-ring (bicyclic) bond motifs is 1. The highest BCUT2D eigenvalue weighted by Crippen LogP contribution is 2.25. The second-order valence-corrected chi connectivity index (χ2v) is 6.76. The number of hydrogen-bond acceptors (Lipinski definition) is 6. The number of aliphatic carboxylic acids is 1. The van der Waals surface area contributed by atoms with E-state index in [9.17, 15) is 19.2 Å². The lowest BCUT2D eigenvalue weighted by Gasteiger charge is -2.09. The molecular formula is C21H17N3O7. The maximum atomic E-state index is 12.8. The predicted octanol–water partition coefficient (Wildman–Crippen LogP) is 2.20. The van der Waals surface area contributed by atoms with Crippen LogP contribution in [-0.2, 0) is 27.4 Å². The summed E-state index contributed by atoms with van der Waals surface area (Å²) >= 11 is 0. The topological polar surface area (TPSA) is 131 Å². The summed E-state index contributed by atoms with van der Waals surface area (Å²) in [4.78, 5) is 48.7. The van der Waals surface area contributed by atoms with Gasteiger partial charge in [0.15, 0.2) is 0 Å². The number of ether oxygens (including phenoxy) is 1. The molecule has 0 unspecified atom stereocenters. The van der Waals surface area contributed by atoms with Gasteiger partial charge in [0.05, 0.1) is 13.7 Å². The molecule has 1 aliphatic rings. The van der Waals surface area contributed by atoms with Gasteiger partial charge < -0.3 is 24.1 Å². The largest absolute Gasteiger partial charge is 0.480 e. The fraction of sp³-hybridized carbons (Fsp3) is 0.143. The zero-order chi connectivity index (χ0) is 22.1. The molecule has 1 saturated heterocycles. The Hall–Kier alpha value is -4.34. The summed E-state index contributed by atoms with van der Waals surface area (Å²) in [6.45, 7) is -0.406. The van der Waals surface area contributed by atoms with Crippen LogP contribution in [0.4, 0.5) is 4.79 Å². The summed E-state index contributed by atoms with van der Waals surface area (Å²) in [6.07, 6.45) is 3.12. The third-order valence-corrected chi connectivity index (χ3v) is 4.75. The van der Waals surface area contributed by atoms with E-state index in [0.717, 1.165) is 10.3 Å². The smallest absolute Gasteiger partial charge is 0.373 e. The monoisotopic (exact) mass is 423 g/mol. The first-order valence-corrected chi connectivity index (χ1v) is 9.18. The normalized spacial score (nSPS) is 15.0. The standard InChI is InChI=1S/C21H17N3O7/c1-30-20(28)17-7-6-13(31-17)10-24-19(27)15(22-21(24)29)8-12-9-23(11-18(25)26)16-5-3-2-4-14(12)16/h2-9H,10-11H2,1H3,(H,22,29)(H,25,26). The van der Waals surface area contributed by atoms with E-state index in [4.69, 9.17) is 9.52 Å². The number of rotatable bonds is 6. The van der Waals surface area contributed by atoms with Crippen molar-refractivity contribution < 1.29 is 33.4 Å². The molecule has 3 heterocycles. The number of nitrogens with zero attached hydrogens (tertiary/aromatic N) is 2. The lowest BCUT2D eigenvalue weighted by Crippen LogP contribution is -2.30. The van der Waals surface area contributed by atoms with Gasteiger partial charge >= 0.3 is 18.0 Å². The van der Waals surface area contributed by atoms with Crippen molar-refractivity contribution in [2.75, 3.05) is 7.11 Å². The Labute approximate surface area is 175 Å². The molecule has 0 atom stereocenters. The zero-order valence-electron chi connectivity index (χ0n) is 16.3. The molecule has 1 fully saturated rings. The van der Waals surface area contributed by atoms with E-state index in [0.29, 0.717) is 11.1 Å². The van der Waals surface area contributed by atoms with Crippen LogP contribution in [0.25, 0.3) is 17.0 Å². The number of para-hydroxylation sites is 1. The van der Waals surface area contributed by atoms with Crippen LogP contribution in [0.15, 0.2) is 52.7 Å². The van der Waals surface area contributed by atoms with Gasteiger partial charge in [0.1, 0.15) is 18.0 Å². The van der Waals surface area contributed by atoms with Gasteiger partial charge in [0.25, 0.3) is 5.91 Å². The van der Waals surface area contributed by atoms with Crippen LogP contribution in [0.1, 0.15) is 21.9 Å². The molecule has 31 heavy (non-hydrogen) atoms. The molecule has 3 amide bonds. The number of methoxy groups -OCH3 is 1. The second kappa shape index (κ2) is 7.82. The molecule has 3 aromatic rings. The van der Waals surface area contributed by atoms with Gasteiger partial charge in [-0.25, -0.2) is 9.59 Å². The Morgan fingerprint density at radius 1 is 1.19 bits per heavy atom. The average Bonchev–Trinajstić information content (AvgIpc) is 3.42. The maximum absolute atomic E-state index is 12.8. The quantitative estimate of drug-likeness (QED) is 0.353. The molecule has 0 saturated carbocycles. The van der Waals surface area contributed by atoms with E-state index in [1.165, 1.54) is 25.3 Å². The van der Waals surface area contributed by atoms with Gasteiger partial charge in [-0.1, -0.05) is 18.2 Å². The van der Waals surface area contributed by atoms with Gasteiger partial charge in [-0.05, 0) is 24.3 Å². The Morgan fingerprint density at radius 2 is 1.97 bits per heavy atom. The van der Waals surface area contributed by atoms with E-state index in [1.54, 1.807) is 35.0 Å². The first-order valence-electron chi connectivity index (χ1n) is 9.18. The molecule has 10 heteroatoms. The SMILES string of the molecule is COC(=O)c1ccc(CN2C(=O)NC(=Cc3cn(CC(=O)O)c4ccccc34)C2=O)o1. The van der Waals surface area contributed by atoms with Crippen molar-refractivity contribution in [2.24, 2.45) is 0 Å². The molecule has 2 N–H and O–H groups in total. The lowest BCUT2D eigenvalue weighted by atomic mass is 10.1. The number of carboxylic acids is 1. The second-order valence-electron chi connectivity index (χ2n) is 6.76. The van der Waals surface area contributed by atoms with Crippen LogP contribution in [0.3, 0.4) is 0 Å². The summed E-state index contributed by atoms with van der Waals surface area (Å²) < 4.78 is 11.4. The highest BCUT2D eigenvalue weighted by molar-refractivity contribution is 6.14. The van der Waals surface area contributed by atoms with Crippen LogP contribution in [0.2, 0.25) is 0 Å². The molecule has 0 bridgehead atoms. The highest BCUT2D eigenvalue weighted by Gasteiger charge is 2.34. The number of amides is 3. The van der Waals surface area contributed by atoms with Gasteiger partial charge in [-0.2, -0.15) is 0 Å². The van der Waals surface area contributed by atoms with Crippen LogP contribution in [0.5, 0.6) is 0 Å². The summed E-state index contributed by atoms with van der Waals surface area (Å²) in [5.74, 6) is -2.03. The Balaban J connectivity index is 1.61. The first kappa shape index (κ1) is 20.0. The van der Waals surface area contributed by atoms with E-state index in [-0.39, 0.29) is 30.3 Å². The number of furan rings is 1. The minimum Gasteiger partial charge on any atom is -0.480 e. The van der Waals surface area contributed by atoms with Gasteiger partial charge in [-0.15, -0.1) is 0 Å². The molecule has 1 aliphatic heterocycles. The number of carboxylic acid groups (broad SMARTS) is 1. The number of carbonyl (C=O) groups excluding carboxylic acids is 3. The number of imide groups is 1. The summed E-state index contributed by atoms with van der Waals surface area (Å²) in [5, 5.41) is 12.4. The Kier molecular flexibility index (Phi) is 5.04. The number of esters is 1. The zero-order valence-corrected chi connectivity index (χ0v) is 16.3. The number of hydrogen-bond donors (Lipinski definition) is 2. The van der Waals surface area contributed by atoms with Crippen molar-refractivity contribution in [3.05, 3.63) is 65.4 Å². The number of carbonyl (C=O) groups is 4. The van der Waals surface area contributed by atoms with Crippen molar-refractivity contribution in [3.8, 4) is 0 Å². The molecule has 0 spiro atoms. The van der Waals surface area contributed by atoms with Gasteiger partial charge in [0.2, 0.25) is 5.76 Å².